The fourth-order valence-corrected chi connectivity index (χ4v) is 1.85. The minimum atomic E-state index is 0.157. The molecule has 1 rings (SSSR count). The summed E-state index contributed by atoms with van der Waals surface area (Å²) in [5.74, 6) is 0.912. The summed E-state index contributed by atoms with van der Waals surface area (Å²) in [4.78, 5) is 11.7. The smallest absolute Gasteiger partial charge is 0.149 e. The van der Waals surface area contributed by atoms with Gasteiger partial charge in [0, 0.05) is 6.42 Å². The normalized spacial score (nSPS) is 24.4. The van der Waals surface area contributed by atoms with Crippen LogP contribution < -0.4 is 5.32 Å². The molecule has 0 bridgehead atoms. The number of hydrogen-bond donors (Lipinski definition) is 1. The molecule has 2 heteroatoms. The van der Waals surface area contributed by atoms with Crippen LogP contribution in [0.3, 0.4) is 0 Å². The molecule has 1 N–H and O–H groups in total. The van der Waals surface area contributed by atoms with Crippen molar-refractivity contribution >= 4 is 5.78 Å². The molecule has 1 unspecified atom stereocenters. The lowest BCUT2D eigenvalue weighted by molar-refractivity contribution is -0.121. The third kappa shape index (κ3) is 3.90. The quantitative estimate of drug-likeness (QED) is 0.726. The first-order valence-electron chi connectivity index (χ1n) is 5.46. The molecule has 0 aromatic carbocycles. The van der Waals surface area contributed by atoms with Crippen LogP contribution >= 0.6 is 0 Å². The van der Waals surface area contributed by atoms with Gasteiger partial charge in [0.25, 0.3) is 0 Å². The van der Waals surface area contributed by atoms with Crippen LogP contribution in [0.2, 0.25) is 0 Å². The molecule has 1 saturated heterocycles. The van der Waals surface area contributed by atoms with Crippen molar-refractivity contribution in [2.45, 2.75) is 52.0 Å². The number of nitrogens with one attached hydrogen (secondary N) is 1. The molecule has 13 heavy (non-hydrogen) atoms. The third-order valence-corrected chi connectivity index (χ3v) is 2.56. The van der Waals surface area contributed by atoms with Gasteiger partial charge in [-0.15, -0.1) is 0 Å². The van der Waals surface area contributed by atoms with Crippen molar-refractivity contribution in [1.29, 1.82) is 0 Å². The molecule has 0 spiro atoms. The van der Waals surface area contributed by atoms with E-state index in [0.29, 0.717) is 11.7 Å². The van der Waals surface area contributed by atoms with E-state index >= 15 is 0 Å². The second kappa shape index (κ2) is 5.38. The predicted octanol–water partition coefficient (Wildman–Crippen LogP) is 2.13. The molecule has 0 aliphatic carbocycles. The Morgan fingerprint density at radius 3 is 2.85 bits per heavy atom. The highest BCUT2D eigenvalue weighted by Gasteiger charge is 2.19. The van der Waals surface area contributed by atoms with Crippen LogP contribution in [0, 0.1) is 5.92 Å². The van der Waals surface area contributed by atoms with Crippen LogP contribution in [0.15, 0.2) is 0 Å². The topological polar surface area (TPSA) is 29.1 Å². The van der Waals surface area contributed by atoms with Gasteiger partial charge in [0.1, 0.15) is 5.78 Å². The largest absolute Gasteiger partial charge is 0.307 e. The van der Waals surface area contributed by atoms with Crippen LogP contribution in [0.4, 0.5) is 0 Å². The Labute approximate surface area is 81.1 Å². The van der Waals surface area contributed by atoms with Crippen LogP contribution in [-0.4, -0.2) is 18.4 Å². The van der Waals surface area contributed by atoms with E-state index < -0.39 is 0 Å². The Bertz CT molecular complexity index is 157. The third-order valence-electron chi connectivity index (χ3n) is 2.56. The van der Waals surface area contributed by atoms with E-state index in [1.54, 1.807) is 0 Å². The van der Waals surface area contributed by atoms with Crippen LogP contribution in [0.5, 0.6) is 0 Å². The average Bonchev–Trinajstić information content (AvgIpc) is 2.29. The maximum absolute atomic E-state index is 11.7. The number of Topliss-reactive ketones (excluding diaryl/α,β-unsaturated/α-hetero) is 1. The minimum absolute atomic E-state index is 0.157. The Kier molecular flexibility index (Phi) is 4.43. The lowest BCUT2D eigenvalue weighted by Crippen LogP contribution is -2.36. The lowest BCUT2D eigenvalue weighted by atomic mass is 9.99. The van der Waals surface area contributed by atoms with E-state index in [9.17, 15) is 4.79 Å². The minimum Gasteiger partial charge on any atom is -0.307 e. The number of rotatable bonds is 3. The van der Waals surface area contributed by atoms with Gasteiger partial charge in [-0.3, -0.25) is 4.79 Å². The molecule has 0 amide bonds. The van der Waals surface area contributed by atoms with Crippen molar-refractivity contribution in [1.82, 2.24) is 5.32 Å². The lowest BCUT2D eigenvalue weighted by Gasteiger charge is -2.15. The zero-order valence-electron chi connectivity index (χ0n) is 8.81. The van der Waals surface area contributed by atoms with E-state index in [-0.39, 0.29) is 6.04 Å². The van der Waals surface area contributed by atoms with E-state index in [2.05, 4.69) is 19.2 Å². The van der Waals surface area contributed by atoms with Gasteiger partial charge in [-0.05, 0) is 25.3 Å². The second-order valence-electron chi connectivity index (χ2n) is 4.42. The number of carbonyl (C=O) groups excluding carboxylic acids is 1. The summed E-state index contributed by atoms with van der Waals surface area (Å²) < 4.78 is 0. The molecule has 0 aromatic rings. The van der Waals surface area contributed by atoms with Crippen LogP contribution in [-0.2, 0) is 4.79 Å². The first kappa shape index (κ1) is 10.7. The van der Waals surface area contributed by atoms with Crippen molar-refractivity contribution in [3.05, 3.63) is 0 Å². The summed E-state index contributed by atoms with van der Waals surface area (Å²) in [6.07, 6.45) is 5.49. The fourth-order valence-electron chi connectivity index (χ4n) is 1.85. The van der Waals surface area contributed by atoms with Gasteiger partial charge in [0.05, 0.1) is 6.04 Å². The standard InChI is InChI=1S/C11H21NO/c1-9(2)8-11(13)10-6-4-3-5-7-12-10/h9-10,12H,3-8H2,1-2H3. The molecule has 2 nitrogen and oxygen atoms in total. The molecule has 1 aliphatic heterocycles. The van der Waals surface area contributed by atoms with Gasteiger partial charge >= 0.3 is 0 Å². The molecule has 1 fully saturated rings. The van der Waals surface area contributed by atoms with Crippen molar-refractivity contribution in [3.63, 3.8) is 0 Å². The molecule has 0 radical (unpaired) electrons. The van der Waals surface area contributed by atoms with E-state index in [0.717, 1.165) is 19.4 Å². The van der Waals surface area contributed by atoms with E-state index in [4.69, 9.17) is 0 Å². The van der Waals surface area contributed by atoms with Crippen LogP contribution in [0.25, 0.3) is 0 Å². The van der Waals surface area contributed by atoms with Gasteiger partial charge in [-0.1, -0.05) is 26.7 Å². The number of hydrogen-bond acceptors (Lipinski definition) is 2. The summed E-state index contributed by atoms with van der Waals surface area (Å²) in [6.45, 7) is 5.23. The molecule has 76 valence electrons. The van der Waals surface area contributed by atoms with Crippen molar-refractivity contribution in [2.24, 2.45) is 5.92 Å². The first-order valence-corrected chi connectivity index (χ1v) is 5.46. The summed E-state index contributed by atoms with van der Waals surface area (Å²) in [6, 6.07) is 0.157. The van der Waals surface area contributed by atoms with Crippen molar-refractivity contribution < 1.29 is 4.79 Å². The molecule has 0 aromatic heterocycles. The highest BCUT2D eigenvalue weighted by atomic mass is 16.1. The summed E-state index contributed by atoms with van der Waals surface area (Å²) in [5.41, 5.74) is 0. The Morgan fingerprint density at radius 1 is 1.38 bits per heavy atom. The molecular weight excluding hydrogens is 162 g/mol. The highest BCUT2D eigenvalue weighted by Crippen LogP contribution is 2.12. The molecular formula is C11H21NO. The summed E-state index contributed by atoms with van der Waals surface area (Å²) in [5, 5.41) is 3.34. The SMILES string of the molecule is CC(C)CC(=O)C1CCCCCN1. The van der Waals surface area contributed by atoms with Crippen LogP contribution in [0.1, 0.15) is 46.0 Å². The molecule has 1 atom stereocenters. The maximum atomic E-state index is 11.7. The number of carbonyl (C=O) groups is 1. The van der Waals surface area contributed by atoms with E-state index in [1.165, 1.54) is 19.3 Å². The Hall–Kier alpha value is -0.370. The van der Waals surface area contributed by atoms with Gasteiger partial charge < -0.3 is 5.32 Å². The van der Waals surface area contributed by atoms with Gasteiger partial charge in [0.15, 0.2) is 0 Å². The van der Waals surface area contributed by atoms with Gasteiger partial charge in [-0.2, -0.15) is 0 Å². The zero-order chi connectivity index (χ0) is 9.68. The Balaban J connectivity index is 2.35. The summed E-state index contributed by atoms with van der Waals surface area (Å²) >= 11 is 0. The average molecular weight is 183 g/mol. The van der Waals surface area contributed by atoms with Gasteiger partial charge in [0.2, 0.25) is 0 Å². The molecule has 0 saturated carbocycles. The fraction of sp³-hybridized carbons (Fsp3) is 0.909. The van der Waals surface area contributed by atoms with Crippen molar-refractivity contribution in [2.75, 3.05) is 6.54 Å². The Morgan fingerprint density at radius 2 is 2.15 bits per heavy atom. The summed E-state index contributed by atoms with van der Waals surface area (Å²) in [7, 11) is 0. The highest BCUT2D eigenvalue weighted by molar-refractivity contribution is 5.84. The molecule has 1 aliphatic rings. The van der Waals surface area contributed by atoms with E-state index in [1.807, 2.05) is 0 Å². The number of ketones is 1. The monoisotopic (exact) mass is 183 g/mol. The molecule has 1 heterocycles. The second-order valence-corrected chi connectivity index (χ2v) is 4.42. The zero-order valence-corrected chi connectivity index (χ0v) is 8.81. The maximum Gasteiger partial charge on any atom is 0.149 e. The van der Waals surface area contributed by atoms with Crippen molar-refractivity contribution in [3.8, 4) is 0 Å². The predicted molar refractivity (Wildman–Crippen MR) is 54.7 cm³/mol. The van der Waals surface area contributed by atoms with Gasteiger partial charge in [-0.25, -0.2) is 0 Å². The first-order chi connectivity index (χ1) is 6.20.